The van der Waals surface area contributed by atoms with Crippen LogP contribution in [-0.2, 0) is 4.84 Å². The third kappa shape index (κ3) is 8.55. The van der Waals surface area contributed by atoms with Gasteiger partial charge in [-0.05, 0) is 36.4 Å². The highest BCUT2D eigenvalue weighted by molar-refractivity contribution is 6.42. The Morgan fingerprint density at radius 2 is 1.17 bits per heavy atom. The SMILES string of the molecule is CN(C)C(=O)Nc1ccc(Cl)c(Cl)c1.CON(C)C(=O)Nc1ccc(Cl)c(Cl)c1. The molecule has 0 bridgehead atoms. The van der Waals surface area contributed by atoms with E-state index in [1.807, 2.05) is 0 Å². The van der Waals surface area contributed by atoms with Crippen LogP contribution in [0.5, 0.6) is 0 Å². The molecule has 4 amide bonds. The number of carbonyl (C=O) groups excluding carboxylic acids is 2. The van der Waals surface area contributed by atoms with Crippen LogP contribution in [0.1, 0.15) is 0 Å². The molecule has 7 nitrogen and oxygen atoms in total. The molecule has 0 atom stereocenters. The van der Waals surface area contributed by atoms with Gasteiger partial charge in [-0.25, -0.2) is 14.7 Å². The van der Waals surface area contributed by atoms with E-state index >= 15 is 0 Å². The van der Waals surface area contributed by atoms with Gasteiger partial charge in [-0.2, -0.15) is 0 Å². The van der Waals surface area contributed by atoms with Crippen molar-refractivity contribution in [3.05, 3.63) is 56.5 Å². The zero-order valence-electron chi connectivity index (χ0n) is 16.1. The maximum atomic E-state index is 11.4. The van der Waals surface area contributed by atoms with Crippen LogP contribution < -0.4 is 10.6 Å². The van der Waals surface area contributed by atoms with Crippen molar-refractivity contribution < 1.29 is 14.4 Å². The average molecular weight is 482 g/mol. The number of hydrogen-bond acceptors (Lipinski definition) is 3. The number of nitrogens with one attached hydrogen (secondary N) is 2. The van der Waals surface area contributed by atoms with Crippen LogP contribution in [0.15, 0.2) is 36.4 Å². The van der Waals surface area contributed by atoms with Crippen LogP contribution in [0.2, 0.25) is 20.1 Å². The number of rotatable bonds is 3. The Bertz CT molecular complexity index is 865. The molecule has 0 saturated carbocycles. The number of hydrogen-bond donors (Lipinski definition) is 2. The Morgan fingerprint density at radius 3 is 1.52 bits per heavy atom. The molecule has 11 heteroatoms. The quantitative estimate of drug-likeness (QED) is 0.519. The zero-order chi connectivity index (χ0) is 22.1. The van der Waals surface area contributed by atoms with Gasteiger partial charge in [0.15, 0.2) is 0 Å². The summed E-state index contributed by atoms with van der Waals surface area (Å²) in [6.45, 7) is 0. The van der Waals surface area contributed by atoms with Gasteiger partial charge >= 0.3 is 12.1 Å². The summed E-state index contributed by atoms with van der Waals surface area (Å²) < 4.78 is 0. The van der Waals surface area contributed by atoms with E-state index in [2.05, 4.69) is 10.6 Å². The number of nitrogens with zero attached hydrogens (tertiary/aromatic N) is 2. The Labute approximate surface area is 189 Å². The molecule has 0 heterocycles. The van der Waals surface area contributed by atoms with Crippen LogP contribution in [-0.4, -0.2) is 50.3 Å². The number of amides is 4. The first-order valence-corrected chi connectivity index (χ1v) is 9.53. The lowest BCUT2D eigenvalue weighted by Gasteiger charge is -2.14. The Balaban J connectivity index is 0.000000291. The van der Waals surface area contributed by atoms with E-state index in [-0.39, 0.29) is 6.03 Å². The predicted octanol–water partition coefficient (Wildman–Crippen LogP) is 6.11. The van der Waals surface area contributed by atoms with E-state index < -0.39 is 6.03 Å². The molecule has 2 N–H and O–H groups in total. The van der Waals surface area contributed by atoms with Crippen LogP contribution in [0, 0.1) is 0 Å². The molecule has 0 aromatic heterocycles. The summed E-state index contributed by atoms with van der Waals surface area (Å²) in [5, 5.41) is 8.00. The number of hydroxylamine groups is 2. The number of carbonyl (C=O) groups is 2. The fourth-order valence-electron chi connectivity index (χ4n) is 1.67. The molecule has 0 radical (unpaired) electrons. The highest BCUT2D eigenvalue weighted by Gasteiger charge is 2.08. The number of benzene rings is 2. The highest BCUT2D eigenvalue weighted by Crippen LogP contribution is 2.25. The van der Waals surface area contributed by atoms with Crippen molar-refractivity contribution in [3.63, 3.8) is 0 Å². The van der Waals surface area contributed by atoms with Gasteiger partial charge in [-0.15, -0.1) is 0 Å². The predicted molar refractivity (Wildman–Crippen MR) is 119 cm³/mol. The molecule has 2 aromatic carbocycles. The van der Waals surface area contributed by atoms with Gasteiger partial charge in [0.25, 0.3) is 0 Å². The fraction of sp³-hybridized carbons (Fsp3) is 0.222. The second-order valence-electron chi connectivity index (χ2n) is 5.69. The maximum Gasteiger partial charge on any atom is 0.345 e. The minimum absolute atomic E-state index is 0.205. The summed E-state index contributed by atoms with van der Waals surface area (Å²) in [5.41, 5.74) is 1.18. The molecular weight excluding hydrogens is 462 g/mol. The average Bonchev–Trinajstić information content (AvgIpc) is 2.67. The van der Waals surface area contributed by atoms with Crippen LogP contribution in [0.25, 0.3) is 0 Å². The van der Waals surface area contributed by atoms with Gasteiger partial charge < -0.3 is 15.5 Å². The Hall–Kier alpha value is -1.90. The van der Waals surface area contributed by atoms with Crippen molar-refractivity contribution in [2.24, 2.45) is 0 Å². The molecule has 0 spiro atoms. The second-order valence-corrected chi connectivity index (χ2v) is 7.32. The summed E-state index contributed by atoms with van der Waals surface area (Å²) >= 11 is 23.0. The van der Waals surface area contributed by atoms with Crippen molar-refractivity contribution in [3.8, 4) is 0 Å². The van der Waals surface area contributed by atoms with Crippen molar-refractivity contribution in [2.45, 2.75) is 0 Å². The largest absolute Gasteiger partial charge is 0.345 e. The van der Waals surface area contributed by atoms with Gasteiger partial charge in [0.2, 0.25) is 0 Å². The zero-order valence-corrected chi connectivity index (χ0v) is 19.1. The summed E-state index contributed by atoms with van der Waals surface area (Å²) in [6.07, 6.45) is 0. The van der Waals surface area contributed by atoms with Gasteiger partial charge in [0, 0.05) is 32.5 Å². The third-order valence-corrected chi connectivity index (χ3v) is 4.79. The van der Waals surface area contributed by atoms with E-state index in [0.29, 0.717) is 31.5 Å². The van der Waals surface area contributed by atoms with Gasteiger partial charge in [0.1, 0.15) is 0 Å². The molecule has 0 fully saturated rings. The molecule has 158 valence electrons. The summed E-state index contributed by atoms with van der Waals surface area (Å²) in [4.78, 5) is 28.7. The summed E-state index contributed by atoms with van der Waals surface area (Å²) in [6, 6.07) is 9.14. The van der Waals surface area contributed by atoms with Crippen LogP contribution in [0.3, 0.4) is 0 Å². The van der Waals surface area contributed by atoms with E-state index in [1.54, 1.807) is 50.5 Å². The molecule has 0 aliphatic rings. The lowest BCUT2D eigenvalue weighted by Crippen LogP contribution is -2.30. The molecular formula is C18H20Cl4N4O3. The number of halogens is 4. The minimum Gasteiger partial charge on any atom is -0.331 e. The first-order valence-electron chi connectivity index (χ1n) is 8.02. The normalized spacial score (nSPS) is 9.79. The summed E-state index contributed by atoms with van der Waals surface area (Å²) in [7, 11) is 6.21. The first kappa shape index (κ1) is 25.1. The van der Waals surface area contributed by atoms with Gasteiger partial charge in [-0.3, -0.25) is 4.84 Å². The van der Waals surface area contributed by atoms with E-state index in [4.69, 9.17) is 51.2 Å². The fourth-order valence-corrected chi connectivity index (χ4v) is 2.26. The number of urea groups is 2. The molecule has 0 unspecified atom stereocenters. The molecule has 0 aliphatic heterocycles. The topological polar surface area (TPSA) is 73.9 Å². The highest BCUT2D eigenvalue weighted by atomic mass is 35.5. The third-order valence-electron chi connectivity index (χ3n) is 3.31. The van der Waals surface area contributed by atoms with E-state index in [0.717, 1.165) is 5.06 Å². The van der Waals surface area contributed by atoms with E-state index in [9.17, 15) is 9.59 Å². The first-order chi connectivity index (χ1) is 13.5. The van der Waals surface area contributed by atoms with Crippen molar-refractivity contribution >= 4 is 69.8 Å². The van der Waals surface area contributed by atoms with Crippen molar-refractivity contribution in [1.82, 2.24) is 9.96 Å². The minimum atomic E-state index is -0.393. The Kier molecular flexibility index (Phi) is 10.4. The molecule has 2 aromatic rings. The molecule has 29 heavy (non-hydrogen) atoms. The lowest BCUT2D eigenvalue weighted by atomic mass is 10.3. The monoisotopic (exact) mass is 480 g/mol. The van der Waals surface area contributed by atoms with Crippen molar-refractivity contribution in [2.75, 3.05) is 38.9 Å². The summed E-state index contributed by atoms with van der Waals surface area (Å²) in [5.74, 6) is 0. The van der Waals surface area contributed by atoms with Crippen LogP contribution >= 0.6 is 46.4 Å². The lowest BCUT2D eigenvalue weighted by molar-refractivity contribution is -0.0598. The van der Waals surface area contributed by atoms with Gasteiger partial charge in [0.05, 0.1) is 27.2 Å². The number of anilines is 2. The maximum absolute atomic E-state index is 11.4. The van der Waals surface area contributed by atoms with Crippen molar-refractivity contribution in [1.29, 1.82) is 0 Å². The Morgan fingerprint density at radius 1 is 0.759 bits per heavy atom. The van der Waals surface area contributed by atoms with Gasteiger partial charge in [-0.1, -0.05) is 46.4 Å². The van der Waals surface area contributed by atoms with E-state index in [1.165, 1.54) is 19.1 Å². The second kappa shape index (κ2) is 11.9. The molecule has 0 saturated heterocycles. The molecule has 0 aliphatic carbocycles. The van der Waals surface area contributed by atoms with Crippen LogP contribution in [0.4, 0.5) is 21.0 Å². The molecule has 2 rings (SSSR count). The standard InChI is InChI=1S/C9H10Cl2N2O2.C9H10Cl2N2O/c1-13(15-2)9(14)12-6-3-4-7(10)8(11)5-6;1-13(2)9(14)12-6-3-4-7(10)8(11)5-6/h3-5H,1-2H3,(H,12,14);3-5H,1-2H3,(H,12,14). The smallest absolute Gasteiger partial charge is 0.331 e.